The van der Waals surface area contributed by atoms with Gasteiger partial charge in [0.05, 0.1) is 11.3 Å². The predicted octanol–water partition coefficient (Wildman–Crippen LogP) is 1.61. The number of aromatic nitrogens is 4. The molecule has 8 nitrogen and oxygen atoms in total. The number of likely N-dealkylation sites (tertiary alicyclic amines) is 1. The van der Waals surface area contributed by atoms with Crippen molar-refractivity contribution in [3.05, 3.63) is 36.2 Å². The van der Waals surface area contributed by atoms with Gasteiger partial charge < -0.3 is 9.64 Å². The van der Waals surface area contributed by atoms with Crippen molar-refractivity contribution in [3.8, 4) is 5.69 Å². The molecule has 0 unspecified atom stereocenters. The van der Waals surface area contributed by atoms with E-state index < -0.39 is 12.1 Å². The minimum Gasteiger partial charge on any atom is -0.449 e. The molecule has 1 aliphatic heterocycles. The highest BCUT2D eigenvalue weighted by Gasteiger charge is 2.24. The Morgan fingerprint density at radius 2 is 1.76 bits per heavy atom. The third-order valence-electron chi connectivity index (χ3n) is 4.27. The lowest BCUT2D eigenvalue weighted by atomic mass is 10.2. The van der Waals surface area contributed by atoms with Gasteiger partial charge in [-0.05, 0) is 54.5 Å². The molecule has 2 heterocycles. The van der Waals surface area contributed by atoms with Gasteiger partial charge in [0.25, 0.3) is 5.91 Å². The summed E-state index contributed by atoms with van der Waals surface area (Å²) in [6.45, 7) is 3.10. The number of esters is 1. The molecule has 2 aromatic rings. The zero-order valence-electron chi connectivity index (χ0n) is 14.2. The molecule has 0 radical (unpaired) electrons. The summed E-state index contributed by atoms with van der Waals surface area (Å²) in [5, 5.41) is 10.9. The Balaban J connectivity index is 1.60. The molecule has 1 amide bonds. The molecule has 1 aliphatic rings. The van der Waals surface area contributed by atoms with Gasteiger partial charge >= 0.3 is 5.97 Å². The van der Waals surface area contributed by atoms with Crippen molar-refractivity contribution in [2.75, 3.05) is 13.1 Å². The molecule has 0 saturated carbocycles. The second kappa shape index (κ2) is 7.87. The van der Waals surface area contributed by atoms with Gasteiger partial charge in [-0.1, -0.05) is 12.8 Å². The topological polar surface area (TPSA) is 90.2 Å². The van der Waals surface area contributed by atoms with E-state index in [1.54, 1.807) is 36.1 Å². The van der Waals surface area contributed by atoms with Crippen LogP contribution in [-0.4, -0.2) is 56.2 Å². The largest absolute Gasteiger partial charge is 0.449 e. The van der Waals surface area contributed by atoms with Crippen LogP contribution in [0.4, 0.5) is 0 Å². The van der Waals surface area contributed by atoms with Crippen LogP contribution in [0.25, 0.3) is 5.69 Å². The zero-order chi connectivity index (χ0) is 17.6. The number of amides is 1. The molecular weight excluding hydrogens is 322 g/mol. The first kappa shape index (κ1) is 17.1. The fourth-order valence-electron chi connectivity index (χ4n) is 2.86. The van der Waals surface area contributed by atoms with Crippen LogP contribution >= 0.6 is 0 Å². The van der Waals surface area contributed by atoms with Crippen molar-refractivity contribution in [3.63, 3.8) is 0 Å². The second-order valence-electron chi connectivity index (χ2n) is 6.09. The standard InChI is InChI=1S/C17H21N5O3/c1-13(16(23)21-10-4-2-3-5-11-21)25-17(24)14-6-8-15(9-7-14)22-12-18-19-20-22/h6-9,12-13H,2-5,10-11H2,1H3/t13-/m1/s1. The van der Waals surface area contributed by atoms with Gasteiger partial charge in [-0.25, -0.2) is 9.48 Å². The van der Waals surface area contributed by atoms with E-state index >= 15 is 0 Å². The van der Waals surface area contributed by atoms with Crippen LogP contribution in [-0.2, 0) is 9.53 Å². The lowest BCUT2D eigenvalue weighted by Crippen LogP contribution is -2.40. The highest BCUT2D eigenvalue weighted by molar-refractivity contribution is 5.92. The number of hydrogen-bond donors (Lipinski definition) is 0. The predicted molar refractivity (Wildman–Crippen MR) is 89.1 cm³/mol. The smallest absolute Gasteiger partial charge is 0.338 e. The summed E-state index contributed by atoms with van der Waals surface area (Å²) in [6, 6.07) is 6.69. The third-order valence-corrected chi connectivity index (χ3v) is 4.27. The third kappa shape index (κ3) is 4.20. The maximum absolute atomic E-state index is 12.5. The molecule has 0 spiro atoms. The van der Waals surface area contributed by atoms with Crippen molar-refractivity contribution in [2.45, 2.75) is 38.7 Å². The van der Waals surface area contributed by atoms with Crippen molar-refractivity contribution < 1.29 is 14.3 Å². The van der Waals surface area contributed by atoms with Crippen LogP contribution < -0.4 is 0 Å². The lowest BCUT2D eigenvalue weighted by molar-refractivity contribution is -0.139. The van der Waals surface area contributed by atoms with Crippen LogP contribution in [0, 0.1) is 0 Å². The summed E-state index contributed by atoms with van der Waals surface area (Å²) >= 11 is 0. The highest BCUT2D eigenvalue weighted by Crippen LogP contribution is 2.14. The molecule has 1 atom stereocenters. The number of nitrogens with zero attached hydrogens (tertiary/aromatic N) is 5. The lowest BCUT2D eigenvalue weighted by Gasteiger charge is -2.24. The van der Waals surface area contributed by atoms with Gasteiger partial charge in [-0.3, -0.25) is 4.79 Å². The maximum atomic E-state index is 12.5. The second-order valence-corrected chi connectivity index (χ2v) is 6.09. The van der Waals surface area contributed by atoms with Crippen LogP contribution in [0.15, 0.2) is 30.6 Å². The number of benzene rings is 1. The van der Waals surface area contributed by atoms with E-state index in [4.69, 9.17) is 4.74 Å². The Morgan fingerprint density at radius 3 is 2.36 bits per heavy atom. The van der Waals surface area contributed by atoms with Gasteiger partial charge in [0, 0.05) is 13.1 Å². The Kier molecular flexibility index (Phi) is 5.37. The molecule has 3 rings (SSSR count). The highest BCUT2D eigenvalue weighted by atomic mass is 16.5. The van der Waals surface area contributed by atoms with E-state index in [0.29, 0.717) is 5.56 Å². The maximum Gasteiger partial charge on any atom is 0.338 e. The Morgan fingerprint density at radius 1 is 1.08 bits per heavy atom. The molecule has 1 fully saturated rings. The molecule has 1 saturated heterocycles. The molecule has 132 valence electrons. The zero-order valence-corrected chi connectivity index (χ0v) is 14.2. The van der Waals surface area contributed by atoms with Crippen molar-refractivity contribution in [1.82, 2.24) is 25.1 Å². The number of rotatable bonds is 4. The van der Waals surface area contributed by atoms with E-state index in [-0.39, 0.29) is 5.91 Å². The first-order valence-electron chi connectivity index (χ1n) is 8.48. The number of carbonyl (C=O) groups excluding carboxylic acids is 2. The van der Waals surface area contributed by atoms with Crippen LogP contribution in [0.1, 0.15) is 43.0 Å². The molecule has 8 heteroatoms. The van der Waals surface area contributed by atoms with Gasteiger partial charge in [-0.15, -0.1) is 5.10 Å². The minimum atomic E-state index is -0.787. The molecular formula is C17H21N5O3. The number of carbonyl (C=O) groups is 2. The molecule has 0 N–H and O–H groups in total. The summed E-state index contributed by atoms with van der Waals surface area (Å²) in [6.07, 6.45) is 4.98. The van der Waals surface area contributed by atoms with E-state index in [2.05, 4.69) is 15.5 Å². The van der Waals surface area contributed by atoms with Gasteiger partial charge in [-0.2, -0.15) is 0 Å². The molecule has 25 heavy (non-hydrogen) atoms. The van der Waals surface area contributed by atoms with Crippen LogP contribution in [0.5, 0.6) is 0 Å². The van der Waals surface area contributed by atoms with Crippen molar-refractivity contribution >= 4 is 11.9 Å². The monoisotopic (exact) mass is 343 g/mol. The Hall–Kier alpha value is -2.77. The summed E-state index contributed by atoms with van der Waals surface area (Å²) < 4.78 is 6.83. The minimum absolute atomic E-state index is 0.124. The fourth-order valence-corrected chi connectivity index (χ4v) is 2.86. The summed E-state index contributed by atoms with van der Waals surface area (Å²) in [5.74, 6) is -0.639. The first-order chi connectivity index (χ1) is 12.1. The number of ether oxygens (including phenoxy) is 1. The molecule has 0 aliphatic carbocycles. The van der Waals surface area contributed by atoms with E-state index in [9.17, 15) is 9.59 Å². The number of hydrogen-bond acceptors (Lipinski definition) is 6. The van der Waals surface area contributed by atoms with E-state index in [0.717, 1.165) is 44.5 Å². The average Bonchev–Trinajstić information content (AvgIpc) is 3.03. The van der Waals surface area contributed by atoms with Crippen molar-refractivity contribution in [2.24, 2.45) is 0 Å². The first-order valence-corrected chi connectivity index (χ1v) is 8.48. The van der Waals surface area contributed by atoms with Crippen molar-refractivity contribution in [1.29, 1.82) is 0 Å². The summed E-state index contributed by atoms with van der Waals surface area (Å²) in [4.78, 5) is 26.5. The molecule has 1 aromatic carbocycles. The van der Waals surface area contributed by atoms with Crippen LogP contribution in [0.2, 0.25) is 0 Å². The van der Waals surface area contributed by atoms with E-state index in [1.165, 1.54) is 11.0 Å². The fraction of sp³-hybridized carbons (Fsp3) is 0.471. The Labute approximate surface area is 145 Å². The average molecular weight is 343 g/mol. The SMILES string of the molecule is C[C@@H](OC(=O)c1ccc(-n2cnnn2)cc1)C(=O)N1CCCCCC1. The van der Waals surface area contributed by atoms with Crippen LogP contribution in [0.3, 0.4) is 0 Å². The number of tetrazole rings is 1. The Bertz CT molecular complexity index is 706. The normalized spacial score (nSPS) is 16.1. The quantitative estimate of drug-likeness (QED) is 0.784. The van der Waals surface area contributed by atoms with Gasteiger partial charge in [0.1, 0.15) is 6.33 Å². The van der Waals surface area contributed by atoms with E-state index in [1.807, 2.05) is 0 Å². The molecule has 0 bridgehead atoms. The summed E-state index contributed by atoms with van der Waals surface area (Å²) in [5.41, 5.74) is 1.11. The van der Waals surface area contributed by atoms with Gasteiger partial charge in [0.15, 0.2) is 6.10 Å². The summed E-state index contributed by atoms with van der Waals surface area (Å²) in [7, 11) is 0. The van der Waals surface area contributed by atoms with Gasteiger partial charge in [0.2, 0.25) is 0 Å². The molecule has 1 aromatic heterocycles.